The topological polar surface area (TPSA) is 43.6 Å². The summed E-state index contributed by atoms with van der Waals surface area (Å²) in [5.74, 6) is 0. The number of rotatable bonds is 2. The van der Waals surface area contributed by atoms with E-state index >= 15 is 0 Å². The van der Waals surface area contributed by atoms with Gasteiger partial charge in [-0.05, 0) is 31.2 Å². The highest BCUT2D eigenvalue weighted by molar-refractivity contribution is 9.10. The highest BCUT2D eigenvalue weighted by Crippen LogP contribution is 2.30. The molecule has 0 N–H and O–H groups in total. The molecule has 0 saturated heterocycles. The molecular formula is C18H12BrClN4. The molecule has 0 aliphatic carbocycles. The molecule has 4 nitrogen and oxygen atoms in total. The van der Waals surface area contributed by atoms with Gasteiger partial charge < -0.3 is 0 Å². The van der Waals surface area contributed by atoms with Crippen molar-refractivity contribution in [1.82, 2.24) is 20.0 Å². The summed E-state index contributed by atoms with van der Waals surface area (Å²) in [5.41, 5.74) is 4.22. The average Bonchev–Trinajstić information content (AvgIpc) is 3.01. The summed E-state index contributed by atoms with van der Waals surface area (Å²) in [6, 6.07) is 15.6. The summed E-state index contributed by atoms with van der Waals surface area (Å²) in [7, 11) is 0. The molecule has 0 bridgehead atoms. The van der Waals surface area contributed by atoms with Gasteiger partial charge in [0, 0.05) is 16.2 Å². The van der Waals surface area contributed by atoms with Gasteiger partial charge in [0.25, 0.3) is 0 Å². The molecule has 4 aromatic rings. The predicted molar refractivity (Wildman–Crippen MR) is 99.5 cm³/mol. The molecule has 0 unspecified atom stereocenters. The fourth-order valence-electron chi connectivity index (χ4n) is 2.65. The van der Waals surface area contributed by atoms with E-state index in [0.717, 1.165) is 38.0 Å². The SMILES string of the molecule is Cc1nnc(-c2cccc(Br)c2)c2cn(-c3ccccc3Cl)nc12. The molecule has 118 valence electrons. The van der Waals surface area contributed by atoms with E-state index in [2.05, 4.69) is 31.2 Å². The van der Waals surface area contributed by atoms with Crippen LogP contribution < -0.4 is 0 Å². The molecule has 24 heavy (non-hydrogen) atoms. The second-order valence-corrected chi connectivity index (χ2v) is 6.75. The van der Waals surface area contributed by atoms with Crippen molar-refractivity contribution >= 4 is 38.4 Å². The van der Waals surface area contributed by atoms with Crippen molar-refractivity contribution in [2.75, 3.05) is 0 Å². The lowest BCUT2D eigenvalue weighted by atomic mass is 10.1. The third kappa shape index (κ3) is 2.60. The number of nitrogens with zero attached hydrogens (tertiary/aromatic N) is 4. The Morgan fingerprint density at radius 3 is 2.67 bits per heavy atom. The molecule has 0 saturated carbocycles. The number of aryl methyl sites for hydroxylation is 1. The Hall–Kier alpha value is -2.24. The highest BCUT2D eigenvalue weighted by Gasteiger charge is 2.14. The van der Waals surface area contributed by atoms with Gasteiger partial charge in [-0.2, -0.15) is 10.2 Å². The molecule has 0 aliphatic heterocycles. The molecule has 0 atom stereocenters. The number of fused-ring (bicyclic) bond motifs is 1. The molecule has 2 heterocycles. The lowest BCUT2D eigenvalue weighted by Gasteiger charge is -2.03. The van der Waals surface area contributed by atoms with Gasteiger partial charge in [0.1, 0.15) is 11.2 Å². The zero-order valence-corrected chi connectivity index (χ0v) is 15.1. The Balaban J connectivity index is 1.98. The third-order valence-electron chi connectivity index (χ3n) is 3.81. The van der Waals surface area contributed by atoms with Gasteiger partial charge in [0.15, 0.2) is 0 Å². The Morgan fingerprint density at radius 1 is 1.04 bits per heavy atom. The van der Waals surface area contributed by atoms with Crippen molar-refractivity contribution in [2.24, 2.45) is 0 Å². The zero-order chi connectivity index (χ0) is 16.7. The third-order valence-corrected chi connectivity index (χ3v) is 4.62. The van der Waals surface area contributed by atoms with Crippen molar-refractivity contribution < 1.29 is 0 Å². The average molecular weight is 400 g/mol. The molecule has 0 amide bonds. The number of aromatic nitrogens is 4. The van der Waals surface area contributed by atoms with Gasteiger partial charge in [-0.1, -0.05) is 51.8 Å². The fourth-order valence-corrected chi connectivity index (χ4v) is 3.27. The first-order valence-corrected chi connectivity index (χ1v) is 8.54. The van der Waals surface area contributed by atoms with E-state index in [1.165, 1.54) is 0 Å². The molecule has 2 aromatic heterocycles. The van der Waals surface area contributed by atoms with Crippen LogP contribution in [0.2, 0.25) is 5.02 Å². The van der Waals surface area contributed by atoms with Crippen LogP contribution in [0.5, 0.6) is 0 Å². The van der Waals surface area contributed by atoms with Gasteiger partial charge >= 0.3 is 0 Å². The Morgan fingerprint density at radius 2 is 1.88 bits per heavy atom. The lowest BCUT2D eigenvalue weighted by molar-refractivity contribution is 0.891. The van der Waals surface area contributed by atoms with Gasteiger partial charge in [-0.25, -0.2) is 4.68 Å². The summed E-state index contributed by atoms with van der Waals surface area (Å²) in [6.07, 6.45) is 1.95. The van der Waals surface area contributed by atoms with Crippen LogP contribution in [-0.2, 0) is 0 Å². The maximum atomic E-state index is 6.31. The van der Waals surface area contributed by atoms with Crippen molar-refractivity contribution in [3.63, 3.8) is 0 Å². The fraction of sp³-hybridized carbons (Fsp3) is 0.0556. The second kappa shape index (κ2) is 6.00. The first-order chi connectivity index (χ1) is 11.6. The molecule has 4 rings (SSSR count). The number of para-hydroxylation sites is 1. The number of hydrogen-bond acceptors (Lipinski definition) is 3. The van der Waals surface area contributed by atoms with E-state index in [4.69, 9.17) is 11.6 Å². The van der Waals surface area contributed by atoms with Gasteiger partial charge in [0.05, 0.1) is 21.8 Å². The minimum atomic E-state index is 0.646. The molecular weight excluding hydrogens is 388 g/mol. The first-order valence-electron chi connectivity index (χ1n) is 7.37. The number of halogens is 2. The molecule has 6 heteroatoms. The van der Waals surface area contributed by atoms with Crippen LogP contribution in [0.1, 0.15) is 5.69 Å². The monoisotopic (exact) mass is 398 g/mol. The van der Waals surface area contributed by atoms with Crippen LogP contribution in [0.15, 0.2) is 59.2 Å². The van der Waals surface area contributed by atoms with Crippen LogP contribution in [0, 0.1) is 6.92 Å². The smallest absolute Gasteiger partial charge is 0.118 e. The Bertz CT molecular complexity index is 1060. The summed E-state index contributed by atoms with van der Waals surface area (Å²) in [5, 5.41) is 14.9. The largest absolute Gasteiger partial charge is 0.238 e. The van der Waals surface area contributed by atoms with Gasteiger partial charge in [-0.3, -0.25) is 0 Å². The van der Waals surface area contributed by atoms with E-state index < -0.39 is 0 Å². The standard InChI is InChI=1S/C18H12BrClN4/c1-11-17-14(10-24(23-17)16-8-3-2-7-15(16)20)18(22-21-11)12-5-4-6-13(19)9-12/h2-10H,1H3. The van der Waals surface area contributed by atoms with Crippen LogP contribution in [0.3, 0.4) is 0 Å². The summed E-state index contributed by atoms with van der Waals surface area (Å²) in [4.78, 5) is 0. The van der Waals surface area contributed by atoms with E-state index in [-0.39, 0.29) is 0 Å². The van der Waals surface area contributed by atoms with Crippen molar-refractivity contribution in [2.45, 2.75) is 6.92 Å². The predicted octanol–water partition coefficient (Wildman–Crippen LogP) is 5.21. The normalized spacial score (nSPS) is 11.1. The number of hydrogen-bond donors (Lipinski definition) is 0. The Kier molecular flexibility index (Phi) is 3.82. The van der Waals surface area contributed by atoms with Crippen LogP contribution in [0.25, 0.3) is 27.8 Å². The molecule has 0 aliphatic rings. The van der Waals surface area contributed by atoms with Gasteiger partial charge in [-0.15, -0.1) is 5.10 Å². The van der Waals surface area contributed by atoms with Crippen LogP contribution >= 0.6 is 27.5 Å². The summed E-state index contributed by atoms with van der Waals surface area (Å²) >= 11 is 9.81. The van der Waals surface area contributed by atoms with Crippen molar-refractivity contribution in [3.8, 4) is 16.9 Å². The summed E-state index contributed by atoms with van der Waals surface area (Å²) in [6.45, 7) is 1.91. The molecule has 0 fully saturated rings. The van der Waals surface area contributed by atoms with E-state index in [0.29, 0.717) is 5.02 Å². The van der Waals surface area contributed by atoms with Crippen LogP contribution in [-0.4, -0.2) is 20.0 Å². The maximum Gasteiger partial charge on any atom is 0.118 e. The Labute approximate surface area is 152 Å². The van der Waals surface area contributed by atoms with E-state index in [1.54, 1.807) is 4.68 Å². The molecule has 0 radical (unpaired) electrons. The lowest BCUT2D eigenvalue weighted by Crippen LogP contribution is -1.95. The number of benzene rings is 2. The van der Waals surface area contributed by atoms with Gasteiger partial charge in [0.2, 0.25) is 0 Å². The quantitative estimate of drug-likeness (QED) is 0.465. The van der Waals surface area contributed by atoms with Crippen LogP contribution in [0.4, 0.5) is 0 Å². The highest BCUT2D eigenvalue weighted by atomic mass is 79.9. The van der Waals surface area contributed by atoms with E-state index in [9.17, 15) is 0 Å². The summed E-state index contributed by atoms with van der Waals surface area (Å²) < 4.78 is 2.78. The minimum Gasteiger partial charge on any atom is -0.238 e. The maximum absolute atomic E-state index is 6.31. The molecule has 0 spiro atoms. The minimum absolute atomic E-state index is 0.646. The van der Waals surface area contributed by atoms with Crippen molar-refractivity contribution in [3.05, 3.63) is 69.9 Å². The first kappa shape index (κ1) is 15.3. The second-order valence-electron chi connectivity index (χ2n) is 5.43. The van der Waals surface area contributed by atoms with E-state index in [1.807, 2.05) is 61.7 Å². The molecule has 2 aromatic carbocycles. The van der Waals surface area contributed by atoms with Crippen molar-refractivity contribution in [1.29, 1.82) is 0 Å². The zero-order valence-electron chi connectivity index (χ0n) is 12.7.